The van der Waals surface area contributed by atoms with Crippen molar-refractivity contribution in [2.75, 3.05) is 5.73 Å². The molecule has 0 aliphatic rings. The zero-order chi connectivity index (χ0) is 10.1. The van der Waals surface area contributed by atoms with Crippen LogP contribution < -0.4 is 5.73 Å². The van der Waals surface area contributed by atoms with Gasteiger partial charge in [-0.05, 0) is 22.9 Å². The SMILES string of the molecule is CC(C)c1cccc2cnc(N)cc12. The van der Waals surface area contributed by atoms with Crippen LogP contribution in [-0.2, 0) is 0 Å². The molecule has 2 aromatic rings. The summed E-state index contributed by atoms with van der Waals surface area (Å²) in [5, 5.41) is 2.38. The van der Waals surface area contributed by atoms with E-state index in [0.29, 0.717) is 11.7 Å². The van der Waals surface area contributed by atoms with Gasteiger partial charge in [0.05, 0.1) is 0 Å². The van der Waals surface area contributed by atoms with Crippen molar-refractivity contribution in [2.45, 2.75) is 19.8 Å². The van der Waals surface area contributed by atoms with Crippen LogP contribution in [0.5, 0.6) is 0 Å². The van der Waals surface area contributed by atoms with Crippen molar-refractivity contribution in [3.8, 4) is 0 Å². The Balaban J connectivity index is 2.77. The molecule has 0 unspecified atom stereocenters. The number of nitrogens with zero attached hydrogens (tertiary/aromatic N) is 1. The third kappa shape index (κ3) is 1.43. The Hall–Kier alpha value is -1.57. The fraction of sp³-hybridized carbons (Fsp3) is 0.250. The minimum Gasteiger partial charge on any atom is -0.384 e. The second-order valence-electron chi connectivity index (χ2n) is 3.83. The van der Waals surface area contributed by atoms with E-state index in [4.69, 9.17) is 5.73 Å². The van der Waals surface area contributed by atoms with Crippen molar-refractivity contribution >= 4 is 16.6 Å². The topological polar surface area (TPSA) is 38.9 Å². The molecule has 1 aromatic carbocycles. The molecule has 14 heavy (non-hydrogen) atoms. The van der Waals surface area contributed by atoms with Crippen molar-refractivity contribution in [3.63, 3.8) is 0 Å². The highest BCUT2D eigenvalue weighted by atomic mass is 14.8. The number of hydrogen-bond donors (Lipinski definition) is 1. The fourth-order valence-corrected chi connectivity index (χ4v) is 1.71. The lowest BCUT2D eigenvalue weighted by atomic mass is 9.97. The summed E-state index contributed by atoms with van der Waals surface area (Å²) in [5.74, 6) is 1.10. The summed E-state index contributed by atoms with van der Waals surface area (Å²) in [6, 6.07) is 8.22. The number of nitrogens with two attached hydrogens (primary N) is 1. The molecule has 0 bridgehead atoms. The summed E-state index contributed by atoms with van der Waals surface area (Å²) >= 11 is 0. The van der Waals surface area contributed by atoms with Gasteiger partial charge in [-0.25, -0.2) is 4.98 Å². The van der Waals surface area contributed by atoms with Gasteiger partial charge in [-0.15, -0.1) is 0 Å². The molecule has 2 N–H and O–H groups in total. The Kier molecular flexibility index (Phi) is 2.12. The quantitative estimate of drug-likeness (QED) is 0.743. The molecule has 0 spiro atoms. The molecule has 0 fully saturated rings. The molecule has 0 amide bonds. The third-order valence-electron chi connectivity index (χ3n) is 2.44. The van der Waals surface area contributed by atoms with Gasteiger partial charge in [0.25, 0.3) is 0 Å². The Morgan fingerprint density at radius 3 is 2.79 bits per heavy atom. The average Bonchev–Trinajstić information content (AvgIpc) is 2.16. The van der Waals surface area contributed by atoms with Crippen LogP contribution in [0, 0.1) is 0 Å². The summed E-state index contributed by atoms with van der Waals surface area (Å²) < 4.78 is 0. The smallest absolute Gasteiger partial charge is 0.123 e. The van der Waals surface area contributed by atoms with E-state index in [1.807, 2.05) is 12.3 Å². The summed E-state index contributed by atoms with van der Waals surface area (Å²) in [7, 11) is 0. The van der Waals surface area contributed by atoms with Crippen LogP contribution >= 0.6 is 0 Å². The van der Waals surface area contributed by atoms with E-state index < -0.39 is 0 Å². The molecule has 0 saturated carbocycles. The first-order chi connectivity index (χ1) is 6.68. The van der Waals surface area contributed by atoms with E-state index in [9.17, 15) is 0 Å². The fourth-order valence-electron chi connectivity index (χ4n) is 1.71. The lowest BCUT2D eigenvalue weighted by Gasteiger charge is -2.09. The van der Waals surface area contributed by atoms with Crippen LogP contribution in [0.2, 0.25) is 0 Å². The molecule has 2 heteroatoms. The van der Waals surface area contributed by atoms with Crippen molar-refractivity contribution in [1.29, 1.82) is 0 Å². The number of anilines is 1. The van der Waals surface area contributed by atoms with E-state index in [1.165, 1.54) is 10.9 Å². The van der Waals surface area contributed by atoms with E-state index >= 15 is 0 Å². The molecule has 0 aliphatic heterocycles. The maximum absolute atomic E-state index is 5.68. The molecule has 1 aromatic heterocycles. The molecule has 1 heterocycles. The van der Waals surface area contributed by atoms with Crippen LogP contribution in [0.1, 0.15) is 25.3 Å². The number of fused-ring (bicyclic) bond motifs is 1. The van der Waals surface area contributed by atoms with E-state index in [1.54, 1.807) is 0 Å². The van der Waals surface area contributed by atoms with E-state index in [2.05, 4.69) is 37.0 Å². The monoisotopic (exact) mass is 186 g/mol. The molecular weight excluding hydrogens is 172 g/mol. The maximum Gasteiger partial charge on any atom is 0.123 e. The van der Waals surface area contributed by atoms with Crippen LogP contribution in [0.3, 0.4) is 0 Å². The zero-order valence-electron chi connectivity index (χ0n) is 8.49. The van der Waals surface area contributed by atoms with Crippen molar-refractivity contribution in [2.24, 2.45) is 0 Å². The predicted molar refractivity (Wildman–Crippen MR) is 60.2 cm³/mol. The van der Waals surface area contributed by atoms with Crippen LogP contribution in [-0.4, -0.2) is 4.98 Å². The van der Waals surface area contributed by atoms with Gasteiger partial charge in [-0.2, -0.15) is 0 Å². The van der Waals surface area contributed by atoms with E-state index in [-0.39, 0.29) is 0 Å². The average molecular weight is 186 g/mol. The summed E-state index contributed by atoms with van der Waals surface area (Å²) in [6.07, 6.45) is 1.83. The minimum atomic E-state index is 0.514. The number of hydrogen-bond acceptors (Lipinski definition) is 2. The molecule has 0 saturated heterocycles. The summed E-state index contributed by atoms with van der Waals surface area (Å²) in [6.45, 7) is 4.37. The van der Waals surface area contributed by atoms with Gasteiger partial charge in [0.1, 0.15) is 5.82 Å². The molecule has 0 atom stereocenters. The number of rotatable bonds is 1. The first-order valence-electron chi connectivity index (χ1n) is 4.82. The Morgan fingerprint density at radius 2 is 2.07 bits per heavy atom. The molecule has 0 radical (unpaired) electrons. The normalized spacial score (nSPS) is 11.1. The Labute approximate surface area is 83.8 Å². The predicted octanol–water partition coefficient (Wildman–Crippen LogP) is 2.94. The minimum absolute atomic E-state index is 0.514. The highest BCUT2D eigenvalue weighted by Crippen LogP contribution is 2.25. The summed E-state index contributed by atoms with van der Waals surface area (Å²) in [5.41, 5.74) is 7.01. The molecule has 72 valence electrons. The van der Waals surface area contributed by atoms with Gasteiger partial charge in [0.15, 0.2) is 0 Å². The number of pyridine rings is 1. The molecule has 0 aliphatic carbocycles. The van der Waals surface area contributed by atoms with Crippen molar-refractivity contribution in [1.82, 2.24) is 4.98 Å². The highest BCUT2D eigenvalue weighted by molar-refractivity contribution is 5.87. The maximum atomic E-state index is 5.68. The van der Waals surface area contributed by atoms with Gasteiger partial charge < -0.3 is 5.73 Å². The van der Waals surface area contributed by atoms with Gasteiger partial charge in [-0.1, -0.05) is 32.0 Å². The molecule has 2 rings (SSSR count). The Morgan fingerprint density at radius 1 is 1.29 bits per heavy atom. The van der Waals surface area contributed by atoms with Crippen LogP contribution in [0.4, 0.5) is 5.82 Å². The lowest BCUT2D eigenvalue weighted by molar-refractivity contribution is 0.876. The summed E-state index contributed by atoms with van der Waals surface area (Å²) in [4.78, 5) is 4.09. The van der Waals surface area contributed by atoms with Crippen molar-refractivity contribution in [3.05, 3.63) is 36.0 Å². The lowest BCUT2D eigenvalue weighted by Crippen LogP contribution is -1.93. The number of benzene rings is 1. The zero-order valence-corrected chi connectivity index (χ0v) is 8.49. The van der Waals surface area contributed by atoms with Crippen LogP contribution in [0.15, 0.2) is 30.5 Å². The van der Waals surface area contributed by atoms with Gasteiger partial charge in [0.2, 0.25) is 0 Å². The Bertz CT molecular complexity index is 461. The largest absolute Gasteiger partial charge is 0.384 e. The first-order valence-corrected chi connectivity index (χ1v) is 4.82. The second kappa shape index (κ2) is 3.29. The highest BCUT2D eigenvalue weighted by Gasteiger charge is 2.04. The number of aromatic nitrogens is 1. The van der Waals surface area contributed by atoms with Crippen LogP contribution in [0.25, 0.3) is 10.8 Å². The van der Waals surface area contributed by atoms with Crippen molar-refractivity contribution < 1.29 is 0 Å². The standard InChI is InChI=1S/C12H14N2/c1-8(2)10-5-3-4-9-7-14-12(13)6-11(9)10/h3-8H,1-2H3,(H2,13,14). The first kappa shape index (κ1) is 9.00. The van der Waals surface area contributed by atoms with Gasteiger partial charge in [-0.3, -0.25) is 0 Å². The van der Waals surface area contributed by atoms with E-state index in [0.717, 1.165) is 5.39 Å². The second-order valence-corrected chi connectivity index (χ2v) is 3.83. The van der Waals surface area contributed by atoms with Gasteiger partial charge >= 0.3 is 0 Å². The molecular formula is C12H14N2. The molecule has 2 nitrogen and oxygen atoms in total. The number of nitrogen functional groups attached to an aromatic ring is 1. The third-order valence-corrected chi connectivity index (χ3v) is 2.44. The van der Waals surface area contributed by atoms with Gasteiger partial charge in [0, 0.05) is 11.6 Å².